The smallest absolute Gasteiger partial charge is 0.138 e. The van der Waals surface area contributed by atoms with Gasteiger partial charge in [-0.05, 0) is 37.0 Å². The van der Waals surface area contributed by atoms with E-state index in [0.29, 0.717) is 12.1 Å². The average Bonchev–Trinajstić information content (AvgIpc) is 3.28. The van der Waals surface area contributed by atoms with Gasteiger partial charge >= 0.3 is 0 Å². The molecule has 1 aliphatic heterocycles. The van der Waals surface area contributed by atoms with Crippen LogP contribution in [0.2, 0.25) is 0 Å². The maximum Gasteiger partial charge on any atom is 0.138 e. The van der Waals surface area contributed by atoms with Gasteiger partial charge in [-0.3, -0.25) is 4.98 Å². The molecule has 0 N–H and O–H groups in total. The van der Waals surface area contributed by atoms with Crippen molar-refractivity contribution < 1.29 is 0 Å². The third-order valence-electron chi connectivity index (χ3n) is 4.36. The third kappa shape index (κ3) is 2.37. The molecule has 2 aliphatic carbocycles. The lowest BCUT2D eigenvalue weighted by Gasteiger charge is -2.30. The molecule has 4 rings (SSSR count). The van der Waals surface area contributed by atoms with Gasteiger partial charge in [0.05, 0.1) is 11.7 Å². The highest BCUT2D eigenvalue weighted by Gasteiger charge is 2.42. The van der Waals surface area contributed by atoms with E-state index in [2.05, 4.69) is 51.9 Å². The predicted molar refractivity (Wildman–Crippen MR) is 91.4 cm³/mol. The fraction of sp³-hybridized carbons (Fsp3) is 0.375. The lowest BCUT2D eigenvalue weighted by atomic mass is 9.84. The summed E-state index contributed by atoms with van der Waals surface area (Å²) in [5.74, 6) is 1.12. The van der Waals surface area contributed by atoms with Crippen molar-refractivity contribution in [2.24, 2.45) is 4.99 Å². The van der Waals surface area contributed by atoms with Gasteiger partial charge in [0.1, 0.15) is 13.7 Å². The molecule has 1 fully saturated rings. The van der Waals surface area contributed by atoms with Crippen molar-refractivity contribution in [1.29, 1.82) is 0 Å². The molecule has 0 bridgehead atoms. The Kier molecular flexibility index (Phi) is 3.25. The summed E-state index contributed by atoms with van der Waals surface area (Å²) >= 11 is 3.51. The minimum atomic E-state index is 0.435. The number of aliphatic imine (C=N–C) groups is 1. The van der Waals surface area contributed by atoms with Crippen molar-refractivity contribution in [2.75, 3.05) is 0 Å². The van der Waals surface area contributed by atoms with E-state index in [1.165, 1.54) is 29.6 Å². The Morgan fingerprint density at radius 1 is 1.29 bits per heavy atom. The highest BCUT2D eigenvalue weighted by molar-refractivity contribution is 9.08. The molecular weight excluding hydrogens is 325 g/mol. The predicted octanol–water partition coefficient (Wildman–Crippen LogP) is 2.37. The molecule has 1 aromatic heterocycles. The zero-order valence-electron chi connectivity index (χ0n) is 12.1. The number of aromatic nitrogens is 1. The number of hydrogen-bond acceptors (Lipinski definition) is 3. The standard InChI is InChI=1S/C16H17BBrN3/c17-12-1-4-14-15(6-12)21(13-2-3-13)16(20-14)11-5-10(7-18)8-19-9-11/h1,4-5,8-9,13,15H,2-3,6-7,17H2. The first-order chi connectivity index (χ1) is 10.3. The number of amidine groups is 1. The minimum absolute atomic E-state index is 0.435. The van der Waals surface area contributed by atoms with E-state index in [1.54, 1.807) is 0 Å². The average molecular weight is 342 g/mol. The van der Waals surface area contributed by atoms with Crippen LogP contribution in [0.5, 0.6) is 0 Å². The molecule has 0 aromatic carbocycles. The first-order valence-corrected chi connectivity index (χ1v) is 8.63. The Morgan fingerprint density at radius 3 is 2.90 bits per heavy atom. The fourth-order valence-electron chi connectivity index (χ4n) is 3.17. The molecule has 1 aromatic rings. The Labute approximate surface area is 134 Å². The van der Waals surface area contributed by atoms with E-state index in [1.807, 2.05) is 12.4 Å². The van der Waals surface area contributed by atoms with Gasteiger partial charge in [0.15, 0.2) is 0 Å². The molecule has 1 saturated carbocycles. The van der Waals surface area contributed by atoms with Crippen LogP contribution in [0.1, 0.15) is 30.4 Å². The number of halogens is 1. The summed E-state index contributed by atoms with van der Waals surface area (Å²) in [5, 5.41) is 0.831. The largest absolute Gasteiger partial charge is 0.344 e. The van der Waals surface area contributed by atoms with Gasteiger partial charge in [0.25, 0.3) is 0 Å². The van der Waals surface area contributed by atoms with Crippen molar-refractivity contribution in [1.82, 2.24) is 9.88 Å². The number of nitrogens with zero attached hydrogens (tertiary/aromatic N) is 3. The normalized spacial score (nSPS) is 24.3. The first kappa shape index (κ1) is 13.3. The highest BCUT2D eigenvalue weighted by Crippen LogP contribution is 2.39. The molecule has 0 spiro atoms. The number of fused-ring (bicyclic) bond motifs is 1. The van der Waals surface area contributed by atoms with Crippen molar-refractivity contribution in [3.8, 4) is 0 Å². The zero-order valence-corrected chi connectivity index (χ0v) is 13.7. The van der Waals surface area contributed by atoms with Crippen molar-refractivity contribution >= 4 is 29.6 Å². The summed E-state index contributed by atoms with van der Waals surface area (Å²) in [6.07, 6.45) is 11.9. The second-order valence-corrected chi connectivity index (χ2v) is 6.67. The molecule has 0 amide bonds. The fourth-order valence-corrected chi connectivity index (χ4v) is 3.48. The summed E-state index contributed by atoms with van der Waals surface area (Å²) in [5.41, 5.74) is 5.00. The van der Waals surface area contributed by atoms with Crippen LogP contribution in [-0.2, 0) is 5.33 Å². The maximum atomic E-state index is 4.94. The molecule has 106 valence electrons. The van der Waals surface area contributed by atoms with E-state index >= 15 is 0 Å². The summed E-state index contributed by atoms with van der Waals surface area (Å²) in [6.45, 7) is 0. The van der Waals surface area contributed by atoms with Gasteiger partial charge in [-0.15, -0.1) is 5.47 Å². The van der Waals surface area contributed by atoms with Crippen molar-refractivity contribution in [3.05, 3.63) is 52.9 Å². The maximum absolute atomic E-state index is 4.94. The van der Waals surface area contributed by atoms with Crippen LogP contribution in [0.15, 0.2) is 46.8 Å². The van der Waals surface area contributed by atoms with Crippen LogP contribution < -0.4 is 0 Å². The van der Waals surface area contributed by atoms with E-state index < -0.39 is 0 Å². The Hall–Kier alpha value is -1.36. The lowest BCUT2D eigenvalue weighted by Crippen LogP contribution is -2.39. The third-order valence-corrected chi connectivity index (χ3v) is 5.01. The number of alkyl halides is 1. The molecule has 0 radical (unpaired) electrons. The SMILES string of the molecule is BC1=CC=C2N=C(c3cncc(CBr)c3)N(C3CC3)C2C1. The van der Waals surface area contributed by atoms with Crippen LogP contribution in [0.4, 0.5) is 0 Å². The number of pyridine rings is 1. The van der Waals surface area contributed by atoms with Gasteiger partial charge in [0, 0.05) is 29.3 Å². The Morgan fingerprint density at radius 2 is 2.14 bits per heavy atom. The highest BCUT2D eigenvalue weighted by atomic mass is 79.9. The van der Waals surface area contributed by atoms with Crippen LogP contribution in [0.3, 0.4) is 0 Å². The summed E-state index contributed by atoms with van der Waals surface area (Å²) in [6, 6.07) is 3.30. The molecule has 2 heterocycles. The summed E-state index contributed by atoms with van der Waals surface area (Å²) < 4.78 is 0. The Balaban J connectivity index is 1.76. The quantitative estimate of drug-likeness (QED) is 0.623. The van der Waals surface area contributed by atoms with E-state index in [0.717, 1.165) is 23.1 Å². The van der Waals surface area contributed by atoms with Crippen molar-refractivity contribution in [3.63, 3.8) is 0 Å². The van der Waals surface area contributed by atoms with Gasteiger partial charge in [0.2, 0.25) is 0 Å². The molecule has 1 unspecified atom stereocenters. The minimum Gasteiger partial charge on any atom is -0.344 e. The molecule has 1 atom stereocenters. The molecular formula is C16H17BBrN3. The zero-order chi connectivity index (χ0) is 14.4. The van der Waals surface area contributed by atoms with Gasteiger partial charge in [-0.25, -0.2) is 4.99 Å². The summed E-state index contributed by atoms with van der Waals surface area (Å²) in [7, 11) is 2.21. The van der Waals surface area contributed by atoms with Crippen LogP contribution in [0, 0.1) is 0 Å². The van der Waals surface area contributed by atoms with E-state index in [4.69, 9.17) is 4.99 Å². The topological polar surface area (TPSA) is 28.5 Å². The van der Waals surface area contributed by atoms with Crippen molar-refractivity contribution in [2.45, 2.75) is 36.7 Å². The molecule has 5 heteroatoms. The Bertz CT molecular complexity index is 676. The second-order valence-electron chi connectivity index (χ2n) is 6.11. The number of rotatable bonds is 3. The van der Waals surface area contributed by atoms with E-state index in [-0.39, 0.29) is 0 Å². The monoisotopic (exact) mass is 341 g/mol. The van der Waals surface area contributed by atoms with Gasteiger partial charge < -0.3 is 4.90 Å². The molecule has 3 aliphatic rings. The summed E-state index contributed by atoms with van der Waals surface area (Å²) in [4.78, 5) is 11.9. The lowest BCUT2D eigenvalue weighted by molar-refractivity contribution is 0.354. The second kappa shape index (κ2) is 5.13. The molecule has 21 heavy (non-hydrogen) atoms. The number of allylic oxidation sites excluding steroid dienone is 2. The molecule has 3 nitrogen and oxygen atoms in total. The van der Waals surface area contributed by atoms with E-state index in [9.17, 15) is 0 Å². The van der Waals surface area contributed by atoms with Crippen LogP contribution in [-0.4, -0.2) is 35.6 Å². The van der Waals surface area contributed by atoms with Gasteiger partial charge in [-0.1, -0.05) is 22.0 Å². The number of hydrogen-bond donors (Lipinski definition) is 0. The van der Waals surface area contributed by atoms with Crippen LogP contribution >= 0.6 is 15.9 Å². The van der Waals surface area contributed by atoms with Gasteiger partial charge in [-0.2, -0.15) is 0 Å². The molecule has 0 saturated heterocycles. The first-order valence-electron chi connectivity index (χ1n) is 7.51. The van der Waals surface area contributed by atoms with Crippen LogP contribution in [0.25, 0.3) is 0 Å².